The predicted molar refractivity (Wildman–Crippen MR) is 131 cm³/mol. The number of hydrogen-bond acceptors (Lipinski definition) is 5. The molecular formula is C26H19ClF3N3O3. The van der Waals surface area contributed by atoms with Gasteiger partial charge in [-0.05, 0) is 48.0 Å². The molecule has 5 rings (SSSR count). The molecule has 1 aliphatic rings. The molecule has 3 aromatic carbocycles. The third-order valence-corrected chi connectivity index (χ3v) is 6.38. The van der Waals surface area contributed by atoms with Crippen molar-refractivity contribution >= 4 is 39.8 Å². The number of phenolic OH excluding ortho intramolecular Hbond substituents is 2. The van der Waals surface area contributed by atoms with E-state index in [1.165, 1.54) is 18.2 Å². The summed E-state index contributed by atoms with van der Waals surface area (Å²) in [6.07, 6.45) is -3.92. The third kappa shape index (κ3) is 4.61. The molecule has 0 aliphatic carbocycles. The van der Waals surface area contributed by atoms with Gasteiger partial charge >= 0.3 is 6.18 Å². The second-order valence-electron chi connectivity index (χ2n) is 8.50. The molecule has 1 amide bonds. The summed E-state index contributed by atoms with van der Waals surface area (Å²) in [4.78, 5) is 19.2. The van der Waals surface area contributed by atoms with Gasteiger partial charge in [0.2, 0.25) is 0 Å². The number of nitrogens with one attached hydrogen (secondary N) is 1. The number of rotatable bonds is 4. The van der Waals surface area contributed by atoms with Gasteiger partial charge in [0, 0.05) is 42.2 Å². The van der Waals surface area contributed by atoms with Crippen molar-refractivity contribution in [1.82, 2.24) is 4.98 Å². The van der Waals surface area contributed by atoms with Gasteiger partial charge in [0.25, 0.3) is 5.91 Å². The van der Waals surface area contributed by atoms with Crippen LogP contribution in [0.4, 0.5) is 24.5 Å². The summed E-state index contributed by atoms with van der Waals surface area (Å²) in [5.41, 5.74) is 2.63. The average molecular weight is 514 g/mol. The Bertz CT molecular complexity index is 1490. The molecule has 36 heavy (non-hydrogen) atoms. The van der Waals surface area contributed by atoms with Gasteiger partial charge in [-0.2, -0.15) is 13.2 Å². The zero-order chi connectivity index (χ0) is 25.6. The van der Waals surface area contributed by atoms with Crippen LogP contribution >= 0.6 is 11.6 Å². The first-order chi connectivity index (χ1) is 17.1. The van der Waals surface area contributed by atoms with Crippen LogP contribution in [0.5, 0.6) is 11.5 Å². The van der Waals surface area contributed by atoms with Crippen molar-refractivity contribution in [2.75, 3.05) is 16.8 Å². The summed E-state index contributed by atoms with van der Waals surface area (Å²) in [6.45, 7) is 1.32. The van der Waals surface area contributed by atoms with E-state index in [1.807, 2.05) is 18.2 Å². The van der Waals surface area contributed by atoms with Gasteiger partial charge < -0.3 is 20.4 Å². The summed E-state index contributed by atoms with van der Waals surface area (Å²) in [7, 11) is 0. The molecule has 0 atom stereocenters. The molecule has 0 spiro atoms. The number of anilines is 2. The summed E-state index contributed by atoms with van der Waals surface area (Å²) in [5.74, 6) is -1.10. The van der Waals surface area contributed by atoms with Crippen molar-refractivity contribution in [2.45, 2.75) is 19.1 Å². The molecule has 3 N–H and O–H groups in total. The van der Waals surface area contributed by atoms with Gasteiger partial charge in [-0.15, -0.1) is 0 Å². The van der Waals surface area contributed by atoms with Gasteiger partial charge in [0.15, 0.2) is 11.5 Å². The monoisotopic (exact) mass is 513 g/mol. The van der Waals surface area contributed by atoms with E-state index in [1.54, 1.807) is 12.1 Å². The van der Waals surface area contributed by atoms with E-state index in [0.717, 1.165) is 42.0 Å². The van der Waals surface area contributed by atoms with E-state index in [0.29, 0.717) is 23.1 Å². The highest BCUT2D eigenvalue weighted by Crippen LogP contribution is 2.36. The number of amides is 1. The topological polar surface area (TPSA) is 85.7 Å². The Balaban J connectivity index is 1.29. The Morgan fingerprint density at radius 3 is 2.47 bits per heavy atom. The minimum atomic E-state index is -4.66. The summed E-state index contributed by atoms with van der Waals surface area (Å²) >= 11 is 5.63. The Hall–Kier alpha value is -3.98. The SMILES string of the molecule is O=C(Nc1ccc(CN2CCc3nc4cc(O)c(O)cc4cc32)cc1)c1ccc(Cl)c(C(F)(F)F)c1. The number of hydrogen-bond donors (Lipinski definition) is 3. The molecule has 0 unspecified atom stereocenters. The third-order valence-electron chi connectivity index (χ3n) is 6.05. The van der Waals surface area contributed by atoms with Crippen molar-refractivity contribution in [3.63, 3.8) is 0 Å². The van der Waals surface area contributed by atoms with E-state index in [2.05, 4.69) is 15.2 Å². The van der Waals surface area contributed by atoms with Crippen LogP contribution in [0.3, 0.4) is 0 Å². The smallest absolute Gasteiger partial charge is 0.417 e. The quantitative estimate of drug-likeness (QED) is 0.286. The minimum absolute atomic E-state index is 0.149. The number of aromatic nitrogens is 1. The number of alkyl halides is 3. The fourth-order valence-corrected chi connectivity index (χ4v) is 4.44. The van der Waals surface area contributed by atoms with Gasteiger partial charge in [-0.1, -0.05) is 23.7 Å². The lowest BCUT2D eigenvalue weighted by Crippen LogP contribution is -2.19. The highest BCUT2D eigenvalue weighted by molar-refractivity contribution is 6.31. The van der Waals surface area contributed by atoms with Crippen LogP contribution in [0.1, 0.15) is 27.2 Å². The van der Waals surface area contributed by atoms with Crippen molar-refractivity contribution in [3.8, 4) is 11.5 Å². The summed E-state index contributed by atoms with van der Waals surface area (Å²) < 4.78 is 39.3. The van der Waals surface area contributed by atoms with Gasteiger partial charge in [-0.25, -0.2) is 0 Å². The second-order valence-corrected chi connectivity index (χ2v) is 8.91. The second kappa shape index (κ2) is 8.91. The Morgan fingerprint density at radius 1 is 1.03 bits per heavy atom. The molecule has 4 aromatic rings. The van der Waals surface area contributed by atoms with Crippen LogP contribution in [-0.4, -0.2) is 27.6 Å². The number of halogens is 4. The fraction of sp³-hybridized carbons (Fsp3) is 0.154. The lowest BCUT2D eigenvalue weighted by molar-refractivity contribution is -0.137. The number of fused-ring (bicyclic) bond motifs is 2. The number of carbonyl (C=O) groups excluding carboxylic acids is 1. The zero-order valence-electron chi connectivity index (χ0n) is 18.6. The lowest BCUT2D eigenvalue weighted by atomic mass is 10.1. The van der Waals surface area contributed by atoms with Crippen LogP contribution in [0.2, 0.25) is 5.02 Å². The Morgan fingerprint density at radius 2 is 1.75 bits per heavy atom. The molecule has 184 valence electrons. The van der Waals surface area contributed by atoms with Crippen LogP contribution < -0.4 is 10.2 Å². The van der Waals surface area contributed by atoms with Crippen molar-refractivity contribution in [3.05, 3.63) is 88.1 Å². The first-order valence-corrected chi connectivity index (χ1v) is 11.3. The summed E-state index contributed by atoms with van der Waals surface area (Å²) in [6, 6.07) is 14.9. The number of benzene rings is 3. The maximum absolute atomic E-state index is 13.1. The molecule has 1 aromatic heterocycles. The Kier molecular flexibility index (Phi) is 5.88. The molecule has 10 heteroatoms. The summed E-state index contributed by atoms with van der Waals surface area (Å²) in [5, 5.41) is 22.4. The molecule has 0 fully saturated rings. The number of carbonyl (C=O) groups is 1. The largest absolute Gasteiger partial charge is 0.504 e. The van der Waals surface area contributed by atoms with E-state index in [-0.39, 0.29) is 17.1 Å². The van der Waals surface area contributed by atoms with Crippen LogP contribution in [-0.2, 0) is 19.1 Å². The standard InChI is InChI=1S/C26H19ClF3N3O3/c27-19-6-3-15(9-18(19)26(28,29)30)25(36)31-17-4-1-14(2-5-17)13-33-8-7-20-22(33)10-16-11-23(34)24(35)12-21(16)32-20/h1-6,9-12,34-35H,7-8,13H2,(H,31,36). The van der Waals surface area contributed by atoms with Crippen LogP contribution in [0.15, 0.2) is 60.7 Å². The number of aromatic hydroxyl groups is 2. The van der Waals surface area contributed by atoms with E-state index < -0.39 is 22.7 Å². The number of pyridine rings is 1. The van der Waals surface area contributed by atoms with Crippen molar-refractivity contribution < 1.29 is 28.2 Å². The number of nitrogens with zero attached hydrogens (tertiary/aromatic N) is 2. The van der Waals surface area contributed by atoms with Crippen molar-refractivity contribution in [2.24, 2.45) is 0 Å². The Labute approximate surface area is 208 Å². The minimum Gasteiger partial charge on any atom is -0.504 e. The van der Waals surface area contributed by atoms with Crippen LogP contribution in [0, 0.1) is 0 Å². The molecule has 0 saturated carbocycles. The first-order valence-electron chi connectivity index (χ1n) is 11.0. The first kappa shape index (κ1) is 23.7. The predicted octanol–water partition coefficient (Wildman–Crippen LogP) is 6.13. The molecular weight excluding hydrogens is 495 g/mol. The number of phenols is 2. The van der Waals surface area contributed by atoms with Gasteiger partial charge in [0.05, 0.1) is 27.5 Å². The highest BCUT2D eigenvalue weighted by atomic mass is 35.5. The van der Waals surface area contributed by atoms with Crippen LogP contribution in [0.25, 0.3) is 10.9 Å². The molecule has 0 radical (unpaired) electrons. The maximum Gasteiger partial charge on any atom is 0.417 e. The average Bonchev–Trinajstić information content (AvgIpc) is 3.20. The molecule has 2 heterocycles. The lowest BCUT2D eigenvalue weighted by Gasteiger charge is -2.20. The molecule has 6 nitrogen and oxygen atoms in total. The maximum atomic E-state index is 13.1. The van der Waals surface area contributed by atoms with E-state index in [9.17, 15) is 28.2 Å². The molecule has 0 saturated heterocycles. The van der Waals surface area contributed by atoms with Gasteiger partial charge in [-0.3, -0.25) is 9.78 Å². The van der Waals surface area contributed by atoms with E-state index >= 15 is 0 Å². The molecule has 1 aliphatic heterocycles. The van der Waals surface area contributed by atoms with E-state index in [4.69, 9.17) is 11.6 Å². The van der Waals surface area contributed by atoms with Gasteiger partial charge in [0.1, 0.15) is 0 Å². The molecule has 0 bridgehead atoms. The normalized spacial score (nSPS) is 13.2. The fourth-order valence-electron chi connectivity index (χ4n) is 4.21. The highest BCUT2D eigenvalue weighted by Gasteiger charge is 2.33. The van der Waals surface area contributed by atoms with Crippen molar-refractivity contribution in [1.29, 1.82) is 0 Å². The zero-order valence-corrected chi connectivity index (χ0v) is 19.4.